The molecule has 0 amide bonds. The van der Waals surface area contributed by atoms with E-state index in [-0.39, 0.29) is 18.0 Å². The minimum absolute atomic E-state index is 0.0357. The van der Waals surface area contributed by atoms with Gasteiger partial charge in [0, 0.05) is 22.3 Å². The number of para-hydroxylation sites is 2. The lowest BCUT2D eigenvalue weighted by Crippen LogP contribution is -2.19. The number of rotatable bonds is 8. The summed E-state index contributed by atoms with van der Waals surface area (Å²) in [4.78, 5) is 0. The Morgan fingerprint density at radius 3 is 1.42 bits per heavy atom. The summed E-state index contributed by atoms with van der Waals surface area (Å²) in [6.45, 7) is 16.5. The summed E-state index contributed by atoms with van der Waals surface area (Å²) in [5, 5.41) is 12.1. The standard InChI is InChI=1S/C26H29O3P.C23H23O3P/c1-17(2)20-14-19(5)26(28-18(3)4)21(15-20)16-30(27)25-13-9-7-11-23(25)22-10-6-8-12-24(22)29-30;1-15(2)17-12-16(3)23(24)18(13-17)14-27(25)22-11-7-5-9-20(22)19-8-4-6-10-21(19)26-27/h6-15,17-18H,16H2,1-5H3;4-13,15,24H,14H2,1-3H3. The molecule has 1 N–H and O–H groups in total. The minimum atomic E-state index is -3.21. The lowest BCUT2D eigenvalue weighted by Gasteiger charge is -2.30. The number of ether oxygens (including phenoxy) is 1. The van der Waals surface area contributed by atoms with Crippen molar-refractivity contribution in [2.45, 2.75) is 85.7 Å². The molecule has 0 aromatic heterocycles. The van der Waals surface area contributed by atoms with Crippen LogP contribution in [0.1, 0.15) is 86.8 Å². The van der Waals surface area contributed by atoms with Gasteiger partial charge in [-0.25, -0.2) is 0 Å². The zero-order valence-electron chi connectivity index (χ0n) is 34.1. The summed E-state index contributed by atoms with van der Waals surface area (Å²) in [6, 6.07) is 39.4. The minimum Gasteiger partial charge on any atom is -0.507 e. The van der Waals surface area contributed by atoms with E-state index in [1.165, 1.54) is 5.56 Å². The second-order valence-electron chi connectivity index (χ2n) is 16.0. The van der Waals surface area contributed by atoms with Crippen LogP contribution < -0.4 is 24.4 Å². The summed E-state index contributed by atoms with van der Waals surface area (Å²) in [7, 11) is -6.39. The number of phenolic OH excluding ortho intramolecular Hbond substituents is 1. The molecule has 8 rings (SSSR count). The van der Waals surface area contributed by atoms with Gasteiger partial charge in [-0.3, -0.25) is 9.13 Å². The van der Waals surface area contributed by atoms with Crippen LogP contribution in [0.4, 0.5) is 0 Å². The SMILES string of the molecule is Cc1cc(C(C)C)cc(CP2(=O)Oc3ccccc3-c3ccccc32)c1O.Cc1cc(C(C)C)cc(CP2(=O)Oc3ccccc3-c3ccccc32)c1OC(C)C. The molecule has 57 heavy (non-hydrogen) atoms. The Morgan fingerprint density at radius 1 is 0.544 bits per heavy atom. The van der Waals surface area contributed by atoms with Crippen LogP contribution in [-0.4, -0.2) is 11.2 Å². The van der Waals surface area contributed by atoms with Gasteiger partial charge < -0.3 is 18.9 Å². The first-order valence-electron chi connectivity index (χ1n) is 19.7. The topological polar surface area (TPSA) is 82.1 Å². The molecule has 2 aliphatic rings. The fraction of sp³-hybridized carbons (Fsp3) is 0.265. The van der Waals surface area contributed by atoms with Crippen LogP contribution >= 0.6 is 14.7 Å². The lowest BCUT2D eigenvalue weighted by atomic mass is 9.97. The molecule has 0 bridgehead atoms. The summed E-state index contributed by atoms with van der Waals surface area (Å²) < 4.78 is 46.9. The Kier molecular flexibility index (Phi) is 11.3. The molecule has 6 aromatic carbocycles. The molecule has 2 atom stereocenters. The lowest BCUT2D eigenvalue weighted by molar-refractivity contribution is 0.238. The van der Waals surface area contributed by atoms with Crippen LogP contribution in [0.5, 0.6) is 23.0 Å². The average molecular weight is 799 g/mol. The van der Waals surface area contributed by atoms with Gasteiger partial charge in [-0.1, -0.05) is 125 Å². The second kappa shape index (κ2) is 16.1. The van der Waals surface area contributed by atoms with Crippen LogP contribution in [0.25, 0.3) is 22.3 Å². The van der Waals surface area contributed by atoms with Crippen LogP contribution in [0.3, 0.4) is 0 Å². The van der Waals surface area contributed by atoms with Crippen molar-refractivity contribution in [3.8, 4) is 45.3 Å². The van der Waals surface area contributed by atoms with E-state index < -0.39 is 14.7 Å². The first kappa shape index (κ1) is 40.2. The summed E-state index contributed by atoms with van der Waals surface area (Å²) in [5.74, 6) is 3.04. The first-order valence-corrected chi connectivity index (χ1v) is 23.4. The third-order valence-corrected chi connectivity index (χ3v) is 15.4. The van der Waals surface area contributed by atoms with Crippen molar-refractivity contribution in [3.63, 3.8) is 0 Å². The number of hydrogen-bond acceptors (Lipinski definition) is 6. The van der Waals surface area contributed by atoms with Crippen molar-refractivity contribution in [1.82, 2.24) is 0 Å². The maximum atomic E-state index is 14.3. The van der Waals surface area contributed by atoms with Gasteiger partial charge >= 0.3 is 0 Å². The predicted octanol–water partition coefficient (Wildman–Crippen LogP) is 13.1. The number of phenols is 1. The molecule has 0 saturated carbocycles. The zero-order chi connectivity index (χ0) is 40.6. The third kappa shape index (κ3) is 8.09. The van der Waals surface area contributed by atoms with Gasteiger partial charge in [0.15, 0.2) is 0 Å². The largest absolute Gasteiger partial charge is 0.507 e. The Hall–Kier alpha value is -5.02. The summed E-state index contributed by atoms with van der Waals surface area (Å²) in [6.07, 6.45) is 0.515. The summed E-state index contributed by atoms with van der Waals surface area (Å²) in [5.41, 5.74) is 9.72. The molecule has 0 saturated heterocycles. The van der Waals surface area contributed by atoms with E-state index in [9.17, 15) is 14.2 Å². The molecule has 0 aliphatic carbocycles. The highest BCUT2D eigenvalue weighted by molar-refractivity contribution is 7.67. The quantitative estimate of drug-likeness (QED) is 0.154. The number of aryl methyl sites for hydroxylation is 2. The van der Waals surface area contributed by atoms with E-state index in [4.69, 9.17) is 13.8 Å². The molecule has 0 fully saturated rings. The van der Waals surface area contributed by atoms with Crippen molar-refractivity contribution in [2.75, 3.05) is 0 Å². The van der Waals surface area contributed by atoms with Gasteiger partial charge in [0.05, 0.1) is 29.0 Å². The molecule has 2 unspecified atom stereocenters. The van der Waals surface area contributed by atoms with Crippen molar-refractivity contribution in [1.29, 1.82) is 0 Å². The second-order valence-corrected chi connectivity index (χ2v) is 20.7. The highest BCUT2D eigenvalue weighted by Crippen LogP contribution is 2.59. The molecule has 6 aromatic rings. The molecule has 6 nitrogen and oxygen atoms in total. The van der Waals surface area contributed by atoms with Gasteiger partial charge in [0.2, 0.25) is 0 Å². The molecule has 2 aliphatic heterocycles. The van der Waals surface area contributed by atoms with Crippen LogP contribution in [-0.2, 0) is 21.5 Å². The maximum Gasteiger partial charge on any atom is 0.282 e. The zero-order valence-corrected chi connectivity index (χ0v) is 35.9. The number of aromatic hydroxyl groups is 1. The Labute approximate surface area is 337 Å². The van der Waals surface area contributed by atoms with Crippen molar-refractivity contribution in [3.05, 3.63) is 155 Å². The van der Waals surface area contributed by atoms with E-state index in [0.29, 0.717) is 35.1 Å². The Balaban J connectivity index is 0.000000175. The molecule has 294 valence electrons. The number of fused-ring (bicyclic) bond motifs is 6. The van der Waals surface area contributed by atoms with Gasteiger partial charge in [-0.15, -0.1) is 0 Å². The monoisotopic (exact) mass is 798 g/mol. The molecular weight excluding hydrogens is 746 g/mol. The van der Waals surface area contributed by atoms with Crippen molar-refractivity contribution < 1.29 is 28.0 Å². The van der Waals surface area contributed by atoms with Crippen molar-refractivity contribution in [2.24, 2.45) is 0 Å². The number of benzene rings is 6. The normalized spacial score (nSPS) is 17.7. The van der Waals surface area contributed by atoms with E-state index in [1.807, 2.05) is 130 Å². The van der Waals surface area contributed by atoms with Gasteiger partial charge in [0.25, 0.3) is 14.7 Å². The van der Waals surface area contributed by atoms with E-state index in [2.05, 4.69) is 46.8 Å². The Morgan fingerprint density at radius 2 is 0.947 bits per heavy atom. The fourth-order valence-electron chi connectivity index (χ4n) is 7.70. The molecule has 2 heterocycles. The van der Waals surface area contributed by atoms with Crippen LogP contribution in [0, 0.1) is 13.8 Å². The average Bonchev–Trinajstić information content (AvgIpc) is 3.18. The highest BCUT2D eigenvalue weighted by atomic mass is 31.2. The molecule has 0 radical (unpaired) electrons. The smallest absolute Gasteiger partial charge is 0.282 e. The van der Waals surface area contributed by atoms with Crippen LogP contribution in [0.15, 0.2) is 121 Å². The molecule has 8 heteroatoms. The van der Waals surface area contributed by atoms with Gasteiger partial charge in [0.1, 0.15) is 23.0 Å². The first-order chi connectivity index (χ1) is 27.2. The fourth-order valence-corrected chi connectivity index (χ4v) is 12.4. The van der Waals surface area contributed by atoms with E-state index >= 15 is 0 Å². The highest BCUT2D eigenvalue weighted by Gasteiger charge is 2.38. The molecule has 0 spiro atoms. The van der Waals surface area contributed by atoms with Crippen LogP contribution in [0.2, 0.25) is 0 Å². The van der Waals surface area contributed by atoms with Crippen molar-refractivity contribution >= 4 is 25.3 Å². The summed E-state index contributed by atoms with van der Waals surface area (Å²) >= 11 is 0. The van der Waals surface area contributed by atoms with E-state index in [1.54, 1.807) is 0 Å². The predicted molar refractivity (Wildman–Crippen MR) is 235 cm³/mol. The third-order valence-electron chi connectivity index (χ3n) is 10.6. The van der Waals surface area contributed by atoms with E-state index in [0.717, 1.165) is 60.9 Å². The maximum absolute atomic E-state index is 14.3. The number of hydrogen-bond donors (Lipinski definition) is 1. The Bertz CT molecular complexity index is 2550. The molecular formula is C49H52O6P2. The van der Waals surface area contributed by atoms with Gasteiger partial charge in [-0.05, 0) is 97.2 Å². The van der Waals surface area contributed by atoms with Gasteiger partial charge in [-0.2, -0.15) is 0 Å².